The molecule has 0 aliphatic carbocycles. The minimum atomic E-state index is -3.15. The second-order valence-corrected chi connectivity index (χ2v) is 12.9. The normalized spacial score (nSPS) is 11.8. The van der Waals surface area contributed by atoms with Crippen LogP contribution in [-0.2, 0) is 9.53 Å². The van der Waals surface area contributed by atoms with Crippen LogP contribution < -0.4 is 13.1 Å². The maximum absolute atomic E-state index is 11.7. The third-order valence-electron chi connectivity index (χ3n) is 4.39. The van der Waals surface area contributed by atoms with Crippen molar-refractivity contribution in [1.29, 1.82) is 0 Å². The predicted molar refractivity (Wildman–Crippen MR) is 111 cm³/mol. The molecule has 0 atom stereocenters. The molecule has 0 unspecified atom stereocenters. The minimum absolute atomic E-state index is 0.0471. The summed E-state index contributed by atoms with van der Waals surface area (Å²) in [7, 11) is 1.33. The quantitative estimate of drug-likeness (QED) is 0.378. The van der Waals surface area contributed by atoms with Crippen molar-refractivity contribution in [2.75, 3.05) is 7.11 Å². The molecule has 0 saturated carbocycles. The van der Waals surface area contributed by atoms with Crippen LogP contribution in [0, 0.1) is 0 Å². The molecule has 0 aliphatic heterocycles. The number of esters is 1. The number of hydrogen-bond acceptors (Lipinski definition) is 3. The number of carbonyl (C=O) groups is 1. The first-order valence-corrected chi connectivity index (χ1v) is 12.6. The van der Waals surface area contributed by atoms with Gasteiger partial charge in [0.05, 0.1) is 0 Å². The summed E-state index contributed by atoms with van der Waals surface area (Å²) in [5, 5.41) is 10.7. The van der Waals surface area contributed by atoms with Gasteiger partial charge in [-0.3, -0.25) is 0 Å². The van der Waals surface area contributed by atoms with Crippen molar-refractivity contribution in [2.45, 2.75) is 6.42 Å². The van der Waals surface area contributed by atoms with Gasteiger partial charge in [0, 0.05) is 0 Å². The molecule has 3 nitrogen and oxygen atoms in total. The van der Waals surface area contributed by atoms with E-state index in [0.29, 0.717) is 0 Å². The number of rotatable bonds is 6. The third kappa shape index (κ3) is 4.15. The fourth-order valence-corrected chi connectivity index (χ4v) is 11.1. The van der Waals surface area contributed by atoms with E-state index in [2.05, 4.69) is 36.4 Å². The van der Waals surface area contributed by atoms with Crippen molar-refractivity contribution in [2.24, 2.45) is 0 Å². The van der Waals surface area contributed by atoms with E-state index in [4.69, 9.17) is 4.74 Å². The molecule has 0 heterocycles. The molecule has 1 N–H and O–H groups in total. The molecule has 0 aliphatic rings. The van der Waals surface area contributed by atoms with E-state index in [1.807, 2.05) is 59.5 Å². The van der Waals surface area contributed by atoms with Crippen LogP contribution in [0.15, 0.2) is 102 Å². The first-order chi connectivity index (χ1) is 13.2. The fraction of sp³-hybridized carbons (Fsp3) is 0.0870. The molecule has 0 fully saturated rings. The van der Waals surface area contributed by atoms with Gasteiger partial charge in [-0.2, -0.15) is 0 Å². The number of carbonyl (C=O) groups excluding carboxylic acids is 1. The van der Waals surface area contributed by atoms with Crippen LogP contribution in [0.4, 0.5) is 0 Å². The molecule has 0 radical (unpaired) electrons. The predicted octanol–water partition coefficient (Wildman–Crippen LogP) is 2.70. The zero-order valence-electron chi connectivity index (χ0n) is 15.2. The Morgan fingerprint density at radius 1 is 0.815 bits per heavy atom. The molecule has 3 aromatic carbocycles. The fourth-order valence-electron chi connectivity index (χ4n) is 3.15. The number of benzene rings is 3. The van der Waals surface area contributed by atoms with E-state index in [1.54, 1.807) is 0 Å². The van der Waals surface area contributed by atoms with Gasteiger partial charge in [-0.15, -0.1) is 0 Å². The zero-order chi connectivity index (χ0) is 19.1. The van der Waals surface area contributed by atoms with E-state index in [0.717, 1.165) is 0 Å². The van der Waals surface area contributed by atoms with Gasteiger partial charge in [0.1, 0.15) is 0 Å². The van der Waals surface area contributed by atoms with Crippen LogP contribution in [0.5, 0.6) is 0 Å². The Morgan fingerprint density at radius 2 is 1.19 bits per heavy atom. The van der Waals surface area contributed by atoms with Gasteiger partial charge in [-0.05, 0) is 0 Å². The van der Waals surface area contributed by atoms with Gasteiger partial charge < -0.3 is 0 Å². The molecule has 4 heteroatoms. The Bertz CT molecular complexity index is 809. The first kappa shape index (κ1) is 19.0. The van der Waals surface area contributed by atoms with Crippen molar-refractivity contribution in [1.82, 2.24) is 0 Å². The summed E-state index contributed by atoms with van der Waals surface area (Å²) in [5.41, 5.74) is 0. The summed E-state index contributed by atoms with van der Waals surface area (Å²) in [4.78, 5) is 13.6. The molecule has 27 heavy (non-hydrogen) atoms. The van der Waals surface area contributed by atoms with Crippen LogP contribution in [0.2, 0.25) is 0 Å². The molecular formula is C23H22AsO3+. The molecule has 3 aromatic rings. The monoisotopic (exact) mass is 421 g/mol. The van der Waals surface area contributed by atoms with Gasteiger partial charge in [-0.25, -0.2) is 0 Å². The number of hydrogen-bond donors (Lipinski definition) is 1. The first-order valence-electron chi connectivity index (χ1n) is 8.70. The van der Waals surface area contributed by atoms with Crippen LogP contribution >= 0.6 is 0 Å². The van der Waals surface area contributed by atoms with Gasteiger partial charge in [0.25, 0.3) is 0 Å². The average molecular weight is 421 g/mol. The second-order valence-electron chi connectivity index (χ2n) is 6.10. The number of aliphatic hydroxyl groups is 1. The molecule has 0 bridgehead atoms. The Hall–Kier alpha value is -2.77. The summed E-state index contributed by atoms with van der Waals surface area (Å²) >= 11 is -3.15. The summed E-state index contributed by atoms with van der Waals surface area (Å²) in [6.07, 6.45) is -0.133. The average Bonchev–Trinajstić information content (AvgIpc) is 2.74. The van der Waals surface area contributed by atoms with Crippen LogP contribution in [-0.4, -0.2) is 31.7 Å². The van der Waals surface area contributed by atoms with Gasteiger partial charge >= 0.3 is 162 Å². The van der Waals surface area contributed by atoms with E-state index in [9.17, 15) is 9.90 Å². The van der Waals surface area contributed by atoms with Crippen molar-refractivity contribution in [3.8, 4) is 0 Å². The molecular weight excluding hydrogens is 399 g/mol. The molecule has 136 valence electrons. The summed E-state index contributed by atoms with van der Waals surface area (Å²) in [6, 6.07) is 30.7. The summed E-state index contributed by atoms with van der Waals surface area (Å²) < 4.78 is 8.24. The Kier molecular flexibility index (Phi) is 6.15. The molecule has 0 aromatic heterocycles. The SMILES string of the molecule is COC(=O)C/C(O)=C/[As+](c1ccccc1)(c1ccccc1)c1ccccc1. The summed E-state index contributed by atoms with van der Waals surface area (Å²) in [6.45, 7) is 0. The Labute approximate surface area is 162 Å². The number of methoxy groups -OCH3 is 1. The van der Waals surface area contributed by atoms with Crippen LogP contribution in [0.25, 0.3) is 0 Å². The van der Waals surface area contributed by atoms with Crippen molar-refractivity contribution >= 4 is 32.6 Å². The second kappa shape index (κ2) is 8.74. The third-order valence-corrected chi connectivity index (χ3v) is 12.8. The maximum atomic E-state index is 11.7. The Morgan fingerprint density at radius 3 is 1.52 bits per heavy atom. The Balaban J connectivity index is 2.29. The van der Waals surface area contributed by atoms with Gasteiger partial charge in [0.15, 0.2) is 0 Å². The van der Waals surface area contributed by atoms with Crippen molar-refractivity contribution in [3.05, 3.63) is 102 Å². The number of aliphatic hydroxyl groups excluding tert-OH is 1. The van der Waals surface area contributed by atoms with E-state index in [-0.39, 0.29) is 12.2 Å². The molecule has 0 amide bonds. The molecule has 0 saturated heterocycles. The molecule has 3 rings (SSSR count). The van der Waals surface area contributed by atoms with Crippen molar-refractivity contribution < 1.29 is 14.6 Å². The molecule has 0 spiro atoms. The van der Waals surface area contributed by atoms with E-state index in [1.165, 1.54) is 20.2 Å². The van der Waals surface area contributed by atoms with Crippen LogP contribution in [0.3, 0.4) is 0 Å². The standard InChI is InChI=1S/C23H21AsO3/c1-27-23(26)17-22(25)18-24(19-11-5-2-6-12-19,20-13-7-3-8-14-20)21-15-9-4-10-16-21/h2-16,18H,17H2,1H3/p+1/b22-18-. The summed E-state index contributed by atoms with van der Waals surface area (Å²) in [5.74, 6) is -0.405. The van der Waals surface area contributed by atoms with Gasteiger partial charge in [0.2, 0.25) is 0 Å². The van der Waals surface area contributed by atoms with E-state index < -0.39 is 19.5 Å². The number of ether oxygens (including phenoxy) is 1. The topological polar surface area (TPSA) is 46.5 Å². The van der Waals surface area contributed by atoms with Crippen LogP contribution in [0.1, 0.15) is 6.42 Å². The van der Waals surface area contributed by atoms with E-state index >= 15 is 0 Å². The van der Waals surface area contributed by atoms with Crippen molar-refractivity contribution in [3.63, 3.8) is 0 Å². The zero-order valence-corrected chi connectivity index (χ0v) is 17.0. The van der Waals surface area contributed by atoms with Gasteiger partial charge in [-0.1, -0.05) is 0 Å².